The average Bonchev–Trinajstić information content (AvgIpc) is 3.69. The summed E-state index contributed by atoms with van der Waals surface area (Å²) < 4.78 is 1.28. The van der Waals surface area contributed by atoms with E-state index < -0.39 is 5.91 Å². The van der Waals surface area contributed by atoms with Gasteiger partial charge in [0.25, 0.3) is 5.91 Å². The number of nitriles is 1. The van der Waals surface area contributed by atoms with Crippen molar-refractivity contribution in [2.45, 2.75) is 120 Å². The second-order valence-electron chi connectivity index (χ2n) is 14.3. The van der Waals surface area contributed by atoms with Crippen LogP contribution >= 0.6 is 11.3 Å². The molecule has 4 rings (SSSR count). The van der Waals surface area contributed by atoms with Gasteiger partial charge in [-0.25, -0.2) is 15.0 Å². The maximum absolute atomic E-state index is 13.5. The highest BCUT2D eigenvalue weighted by atomic mass is 32.1. The van der Waals surface area contributed by atoms with Gasteiger partial charge < -0.3 is 4.90 Å². The van der Waals surface area contributed by atoms with Gasteiger partial charge in [-0.2, -0.15) is 9.94 Å². The molecule has 2 aromatic heterocycles. The molecule has 1 aliphatic heterocycles. The van der Waals surface area contributed by atoms with Crippen LogP contribution in [0.4, 0.5) is 10.1 Å². The summed E-state index contributed by atoms with van der Waals surface area (Å²) in [5.41, 5.74) is 2.93. The average molecular weight is 670 g/mol. The van der Waals surface area contributed by atoms with Crippen molar-refractivity contribution in [3.8, 4) is 17.3 Å². The topological polar surface area (TPSA) is 100 Å². The maximum atomic E-state index is 13.5. The van der Waals surface area contributed by atoms with Crippen LogP contribution in [0.2, 0.25) is 0 Å². The maximum Gasteiger partial charge on any atom is 0.291 e. The fourth-order valence-corrected chi connectivity index (χ4v) is 7.34. The molecule has 48 heavy (non-hydrogen) atoms. The van der Waals surface area contributed by atoms with Crippen LogP contribution in [0.1, 0.15) is 130 Å². The molecule has 0 amide bonds. The lowest BCUT2D eigenvalue weighted by Crippen LogP contribution is -2.34. The number of rotatable bonds is 17. The molecule has 9 heteroatoms. The first-order chi connectivity index (χ1) is 23.1. The molecule has 3 heterocycles. The Bertz CT molecular complexity index is 1600. The molecular weight excluding hydrogens is 615 g/mol. The Balaban J connectivity index is 1.91. The van der Waals surface area contributed by atoms with Crippen molar-refractivity contribution < 1.29 is 4.79 Å². The lowest BCUT2D eigenvalue weighted by molar-refractivity contribution is 0.0940. The molecule has 3 aromatic rings. The number of carbonyl (C=O) groups is 1. The van der Waals surface area contributed by atoms with Crippen LogP contribution in [0, 0.1) is 28.6 Å². The Morgan fingerprint density at radius 1 is 0.958 bits per heavy atom. The van der Waals surface area contributed by atoms with E-state index >= 15 is 0 Å². The lowest BCUT2D eigenvalue weighted by Gasteiger charge is -2.30. The van der Waals surface area contributed by atoms with Crippen molar-refractivity contribution >= 4 is 33.1 Å². The SMILES string of the molecule is CCCCC(CC)CN(CC(CC)CCCC)c1nc(-c2ccccc2)c(/N=C2/C(CC)=C(C#N)C(=O)n3nc(CC(C)(C)C)nc32)s1. The van der Waals surface area contributed by atoms with Crippen LogP contribution in [0.5, 0.6) is 0 Å². The highest BCUT2D eigenvalue weighted by Gasteiger charge is 2.34. The first-order valence-electron chi connectivity index (χ1n) is 18.1. The summed E-state index contributed by atoms with van der Waals surface area (Å²) in [5.74, 6) is 1.71. The van der Waals surface area contributed by atoms with Gasteiger partial charge in [-0.15, -0.1) is 5.10 Å². The quantitative estimate of drug-likeness (QED) is 0.142. The molecule has 258 valence electrons. The molecule has 0 fully saturated rings. The van der Waals surface area contributed by atoms with Crippen molar-refractivity contribution in [2.24, 2.45) is 22.2 Å². The number of fused-ring (bicyclic) bond motifs is 1. The summed E-state index contributed by atoms with van der Waals surface area (Å²) >= 11 is 1.60. The molecular formula is C39H55N7OS. The van der Waals surface area contributed by atoms with Gasteiger partial charge in [0.15, 0.2) is 16.8 Å². The highest BCUT2D eigenvalue weighted by molar-refractivity contribution is 7.19. The third kappa shape index (κ3) is 9.07. The number of aromatic nitrogens is 4. The fourth-order valence-electron chi connectivity index (χ4n) is 6.35. The zero-order valence-electron chi connectivity index (χ0n) is 30.5. The van der Waals surface area contributed by atoms with Gasteiger partial charge in [-0.1, -0.05) is 136 Å². The minimum Gasteiger partial charge on any atom is -0.347 e. The van der Waals surface area contributed by atoms with Crippen LogP contribution in [-0.2, 0) is 6.42 Å². The number of unbranched alkanes of at least 4 members (excludes halogenated alkanes) is 2. The summed E-state index contributed by atoms with van der Waals surface area (Å²) in [4.78, 5) is 31.5. The molecule has 0 N–H and O–H groups in total. The Morgan fingerprint density at radius 3 is 2.10 bits per heavy atom. The van der Waals surface area contributed by atoms with E-state index in [2.05, 4.69) is 76.7 Å². The number of hydrogen-bond acceptors (Lipinski definition) is 8. The number of hydrogen-bond donors (Lipinski definition) is 0. The summed E-state index contributed by atoms with van der Waals surface area (Å²) in [5, 5.41) is 16.5. The zero-order chi connectivity index (χ0) is 34.8. The predicted molar refractivity (Wildman–Crippen MR) is 199 cm³/mol. The standard InChI is InChI=1S/C39H55N7OS/c1-9-14-19-27(11-3)25-45(26-28(12-4)20-15-10-2)38-43-33(29-21-17-16-18-22-29)36(48-38)42-34-30(13-5)31(24-40)37(47)46-35(34)41-32(44-46)23-39(6,7)8/h16-18,21-22,27-28H,9-15,19-20,23,25-26H2,1-8H3/b42-34-. The zero-order valence-corrected chi connectivity index (χ0v) is 31.3. The van der Waals surface area contributed by atoms with Gasteiger partial charge >= 0.3 is 0 Å². The number of allylic oxidation sites excluding steroid dienone is 2. The van der Waals surface area contributed by atoms with Crippen LogP contribution in [0.25, 0.3) is 11.3 Å². The van der Waals surface area contributed by atoms with Gasteiger partial charge in [-0.3, -0.25) is 4.79 Å². The lowest BCUT2D eigenvalue weighted by atomic mass is 9.92. The van der Waals surface area contributed by atoms with E-state index in [4.69, 9.17) is 15.0 Å². The summed E-state index contributed by atoms with van der Waals surface area (Å²) in [6.07, 6.45) is 10.6. The predicted octanol–water partition coefficient (Wildman–Crippen LogP) is 10.2. The number of benzene rings is 1. The van der Waals surface area contributed by atoms with Gasteiger partial charge in [0.1, 0.15) is 28.0 Å². The number of aliphatic imine (C=N–C) groups is 1. The number of nitrogens with zero attached hydrogens (tertiary/aromatic N) is 7. The molecule has 0 spiro atoms. The van der Waals surface area contributed by atoms with Crippen LogP contribution < -0.4 is 4.90 Å². The first kappa shape index (κ1) is 37.2. The van der Waals surface area contributed by atoms with Gasteiger partial charge in [0, 0.05) is 30.6 Å². The number of carbonyl (C=O) groups excluding carboxylic acids is 1. The summed E-state index contributed by atoms with van der Waals surface area (Å²) in [6.45, 7) is 19.4. The second kappa shape index (κ2) is 17.1. The molecule has 2 unspecified atom stereocenters. The summed E-state index contributed by atoms with van der Waals surface area (Å²) in [7, 11) is 0. The van der Waals surface area contributed by atoms with E-state index in [1.54, 1.807) is 11.3 Å². The van der Waals surface area contributed by atoms with Crippen molar-refractivity contribution in [1.82, 2.24) is 19.7 Å². The van der Waals surface area contributed by atoms with E-state index in [1.165, 1.54) is 43.2 Å². The van der Waals surface area contributed by atoms with Gasteiger partial charge in [-0.05, 0) is 36.5 Å². The van der Waals surface area contributed by atoms with Crippen molar-refractivity contribution in [1.29, 1.82) is 5.26 Å². The van der Waals surface area contributed by atoms with Crippen LogP contribution in [0.15, 0.2) is 46.5 Å². The molecule has 0 radical (unpaired) electrons. The van der Waals surface area contributed by atoms with Crippen LogP contribution in [-0.4, -0.2) is 44.5 Å². The normalized spacial score (nSPS) is 15.5. The smallest absolute Gasteiger partial charge is 0.291 e. The number of anilines is 1. The Hall–Kier alpha value is -3.64. The fraction of sp³-hybridized carbons (Fsp3) is 0.590. The largest absolute Gasteiger partial charge is 0.347 e. The molecule has 1 aliphatic rings. The first-order valence-corrected chi connectivity index (χ1v) is 18.9. The molecule has 0 aliphatic carbocycles. The Labute approximate surface area is 292 Å². The Kier molecular flexibility index (Phi) is 13.3. The molecule has 0 saturated carbocycles. The van der Waals surface area contributed by atoms with Gasteiger partial charge in [0.2, 0.25) is 0 Å². The molecule has 8 nitrogen and oxygen atoms in total. The monoisotopic (exact) mass is 669 g/mol. The second-order valence-corrected chi connectivity index (χ2v) is 15.3. The van der Waals surface area contributed by atoms with E-state index in [9.17, 15) is 10.1 Å². The molecule has 1 aromatic carbocycles. The Morgan fingerprint density at radius 2 is 1.58 bits per heavy atom. The highest BCUT2D eigenvalue weighted by Crippen LogP contribution is 2.42. The van der Waals surface area contributed by atoms with Crippen LogP contribution in [0.3, 0.4) is 0 Å². The molecule has 0 saturated heterocycles. The number of thiazole rings is 1. The third-order valence-corrected chi connectivity index (χ3v) is 10.2. The van der Waals surface area contributed by atoms with Crippen molar-refractivity contribution in [2.75, 3.05) is 18.0 Å². The summed E-state index contributed by atoms with van der Waals surface area (Å²) in [6, 6.07) is 12.4. The van der Waals surface area contributed by atoms with Gasteiger partial charge in [0.05, 0.1) is 0 Å². The van der Waals surface area contributed by atoms with E-state index in [1.807, 2.05) is 25.1 Å². The van der Waals surface area contributed by atoms with E-state index in [0.29, 0.717) is 47.6 Å². The third-order valence-electron chi connectivity index (χ3n) is 9.18. The minimum absolute atomic E-state index is 0.0750. The minimum atomic E-state index is -0.439. The molecule has 2 atom stereocenters. The van der Waals surface area contributed by atoms with Crippen molar-refractivity contribution in [3.05, 3.63) is 53.1 Å². The van der Waals surface area contributed by atoms with E-state index in [0.717, 1.165) is 47.3 Å². The van der Waals surface area contributed by atoms with E-state index in [-0.39, 0.29) is 11.0 Å². The van der Waals surface area contributed by atoms with Crippen molar-refractivity contribution in [3.63, 3.8) is 0 Å². The molecule has 0 bridgehead atoms.